The SMILES string of the molecule is CCC(CC)N(CC(C)C)C(=O)CCC1CCC(N)CC1. The summed E-state index contributed by atoms with van der Waals surface area (Å²) in [6.45, 7) is 9.69. The second-order valence-corrected chi connectivity index (χ2v) is 7.23. The van der Waals surface area contributed by atoms with Crippen LogP contribution in [0.25, 0.3) is 0 Å². The molecule has 0 spiro atoms. The molecule has 1 aliphatic carbocycles. The lowest BCUT2D eigenvalue weighted by atomic mass is 9.83. The lowest BCUT2D eigenvalue weighted by Crippen LogP contribution is -2.42. The number of nitrogens with two attached hydrogens (primary N) is 1. The average Bonchev–Trinajstić information content (AvgIpc) is 2.46. The van der Waals surface area contributed by atoms with Gasteiger partial charge in [-0.15, -0.1) is 0 Å². The van der Waals surface area contributed by atoms with Gasteiger partial charge in [0.25, 0.3) is 0 Å². The first-order chi connectivity index (χ1) is 9.97. The van der Waals surface area contributed by atoms with Crippen LogP contribution in [0.5, 0.6) is 0 Å². The predicted octanol–water partition coefficient (Wildman–Crippen LogP) is 3.96. The molecule has 0 radical (unpaired) electrons. The fourth-order valence-electron chi connectivity index (χ4n) is 3.53. The molecule has 0 aliphatic heterocycles. The van der Waals surface area contributed by atoms with Gasteiger partial charge in [-0.05, 0) is 56.8 Å². The van der Waals surface area contributed by atoms with Crippen molar-refractivity contribution in [3.05, 3.63) is 0 Å². The van der Waals surface area contributed by atoms with Crippen molar-refractivity contribution in [2.45, 2.75) is 91.1 Å². The van der Waals surface area contributed by atoms with Gasteiger partial charge in [-0.25, -0.2) is 0 Å². The van der Waals surface area contributed by atoms with Crippen molar-refractivity contribution in [3.8, 4) is 0 Å². The van der Waals surface area contributed by atoms with Crippen LogP contribution in [0.3, 0.4) is 0 Å². The summed E-state index contributed by atoms with van der Waals surface area (Å²) >= 11 is 0. The fourth-order valence-corrected chi connectivity index (χ4v) is 3.53. The van der Waals surface area contributed by atoms with Gasteiger partial charge in [0.1, 0.15) is 0 Å². The predicted molar refractivity (Wildman–Crippen MR) is 90.1 cm³/mol. The van der Waals surface area contributed by atoms with Gasteiger partial charge in [-0.2, -0.15) is 0 Å². The minimum atomic E-state index is 0.368. The lowest BCUT2D eigenvalue weighted by molar-refractivity contribution is -0.134. The van der Waals surface area contributed by atoms with Gasteiger partial charge in [0.05, 0.1) is 0 Å². The summed E-state index contributed by atoms with van der Waals surface area (Å²) in [6, 6.07) is 0.818. The molecule has 1 rings (SSSR count). The normalized spacial score (nSPS) is 22.8. The molecular formula is C18H36N2O. The van der Waals surface area contributed by atoms with E-state index in [4.69, 9.17) is 5.73 Å². The van der Waals surface area contributed by atoms with Gasteiger partial charge in [0.2, 0.25) is 5.91 Å². The van der Waals surface area contributed by atoms with Gasteiger partial charge in [-0.1, -0.05) is 27.7 Å². The number of hydrogen-bond donors (Lipinski definition) is 1. The molecular weight excluding hydrogens is 260 g/mol. The van der Waals surface area contributed by atoms with Crippen LogP contribution < -0.4 is 5.73 Å². The zero-order valence-electron chi connectivity index (χ0n) is 14.6. The van der Waals surface area contributed by atoms with Crippen molar-refractivity contribution < 1.29 is 4.79 Å². The standard InChI is InChI=1S/C18H36N2O/c1-5-17(6-2)20(13-14(3)4)18(21)12-9-15-7-10-16(19)11-8-15/h14-17H,5-13,19H2,1-4H3. The summed E-state index contributed by atoms with van der Waals surface area (Å²) in [5.74, 6) is 1.63. The molecule has 3 nitrogen and oxygen atoms in total. The lowest BCUT2D eigenvalue weighted by Gasteiger charge is -2.33. The van der Waals surface area contributed by atoms with E-state index < -0.39 is 0 Å². The summed E-state index contributed by atoms with van der Waals surface area (Å²) in [5.41, 5.74) is 5.96. The van der Waals surface area contributed by atoms with Crippen LogP contribution in [0.1, 0.15) is 79.1 Å². The molecule has 0 atom stereocenters. The fraction of sp³-hybridized carbons (Fsp3) is 0.944. The minimum Gasteiger partial charge on any atom is -0.339 e. The van der Waals surface area contributed by atoms with E-state index in [9.17, 15) is 4.79 Å². The number of rotatable bonds is 8. The number of carbonyl (C=O) groups is 1. The monoisotopic (exact) mass is 296 g/mol. The van der Waals surface area contributed by atoms with Crippen molar-refractivity contribution in [3.63, 3.8) is 0 Å². The number of nitrogens with zero attached hydrogens (tertiary/aromatic N) is 1. The van der Waals surface area contributed by atoms with Crippen LogP contribution in [-0.4, -0.2) is 29.4 Å². The Morgan fingerprint density at radius 3 is 2.19 bits per heavy atom. The molecule has 1 amide bonds. The van der Waals surface area contributed by atoms with Crippen LogP contribution >= 0.6 is 0 Å². The van der Waals surface area contributed by atoms with E-state index in [0.29, 0.717) is 23.9 Å². The Kier molecular flexibility index (Phi) is 8.31. The molecule has 0 saturated heterocycles. The molecule has 1 aliphatic rings. The highest BCUT2D eigenvalue weighted by Crippen LogP contribution is 2.27. The third kappa shape index (κ3) is 6.37. The van der Waals surface area contributed by atoms with E-state index in [2.05, 4.69) is 32.6 Å². The van der Waals surface area contributed by atoms with E-state index in [1.165, 1.54) is 12.8 Å². The number of carbonyl (C=O) groups excluding carboxylic acids is 1. The van der Waals surface area contributed by atoms with Crippen LogP contribution in [-0.2, 0) is 4.79 Å². The Morgan fingerprint density at radius 1 is 1.14 bits per heavy atom. The second-order valence-electron chi connectivity index (χ2n) is 7.23. The largest absolute Gasteiger partial charge is 0.339 e. The Morgan fingerprint density at radius 2 is 1.71 bits per heavy atom. The van der Waals surface area contributed by atoms with Crippen LogP contribution in [0, 0.1) is 11.8 Å². The summed E-state index contributed by atoms with van der Waals surface area (Å²) in [6.07, 6.45) is 8.61. The van der Waals surface area contributed by atoms with E-state index in [-0.39, 0.29) is 0 Å². The number of hydrogen-bond acceptors (Lipinski definition) is 2. The smallest absolute Gasteiger partial charge is 0.222 e. The molecule has 3 heteroatoms. The molecule has 124 valence electrons. The third-order valence-corrected chi connectivity index (χ3v) is 4.92. The van der Waals surface area contributed by atoms with Crippen molar-refractivity contribution >= 4 is 5.91 Å². The maximum atomic E-state index is 12.6. The van der Waals surface area contributed by atoms with Gasteiger partial charge in [-0.3, -0.25) is 4.79 Å². The number of amides is 1. The van der Waals surface area contributed by atoms with E-state index >= 15 is 0 Å². The third-order valence-electron chi connectivity index (χ3n) is 4.92. The molecule has 1 saturated carbocycles. The molecule has 21 heavy (non-hydrogen) atoms. The summed E-state index contributed by atoms with van der Waals surface area (Å²) in [5, 5.41) is 0. The maximum absolute atomic E-state index is 12.6. The first-order valence-electron chi connectivity index (χ1n) is 9.02. The van der Waals surface area contributed by atoms with Crippen LogP contribution in [0.4, 0.5) is 0 Å². The molecule has 1 fully saturated rings. The van der Waals surface area contributed by atoms with Gasteiger partial charge >= 0.3 is 0 Å². The summed E-state index contributed by atoms with van der Waals surface area (Å²) in [7, 11) is 0. The van der Waals surface area contributed by atoms with Gasteiger partial charge in [0, 0.05) is 25.0 Å². The van der Waals surface area contributed by atoms with E-state index in [1.54, 1.807) is 0 Å². The highest BCUT2D eigenvalue weighted by Gasteiger charge is 2.24. The zero-order valence-corrected chi connectivity index (χ0v) is 14.6. The molecule has 0 aromatic rings. The summed E-state index contributed by atoms with van der Waals surface area (Å²) in [4.78, 5) is 14.8. The Labute approximate surface area is 131 Å². The van der Waals surface area contributed by atoms with E-state index in [0.717, 1.165) is 51.0 Å². The van der Waals surface area contributed by atoms with Crippen molar-refractivity contribution in [2.75, 3.05) is 6.54 Å². The molecule has 0 heterocycles. The molecule has 0 aromatic heterocycles. The molecule has 2 N–H and O–H groups in total. The van der Waals surface area contributed by atoms with Crippen LogP contribution in [0.2, 0.25) is 0 Å². The summed E-state index contributed by atoms with van der Waals surface area (Å²) < 4.78 is 0. The van der Waals surface area contributed by atoms with Crippen LogP contribution in [0.15, 0.2) is 0 Å². The topological polar surface area (TPSA) is 46.3 Å². The Hall–Kier alpha value is -0.570. The Balaban J connectivity index is 2.47. The quantitative estimate of drug-likeness (QED) is 0.737. The first-order valence-corrected chi connectivity index (χ1v) is 9.02. The molecule has 0 unspecified atom stereocenters. The highest BCUT2D eigenvalue weighted by atomic mass is 16.2. The first kappa shape index (κ1) is 18.5. The van der Waals surface area contributed by atoms with E-state index in [1.807, 2.05) is 0 Å². The second kappa shape index (κ2) is 9.45. The maximum Gasteiger partial charge on any atom is 0.222 e. The van der Waals surface area contributed by atoms with Crippen molar-refractivity contribution in [1.82, 2.24) is 4.90 Å². The Bertz CT molecular complexity index is 292. The zero-order chi connectivity index (χ0) is 15.8. The highest BCUT2D eigenvalue weighted by molar-refractivity contribution is 5.76. The van der Waals surface area contributed by atoms with Crippen molar-refractivity contribution in [1.29, 1.82) is 0 Å². The average molecular weight is 296 g/mol. The minimum absolute atomic E-state index is 0.368. The van der Waals surface area contributed by atoms with Crippen molar-refractivity contribution in [2.24, 2.45) is 17.6 Å². The van der Waals surface area contributed by atoms with Gasteiger partial charge < -0.3 is 10.6 Å². The molecule has 0 aromatic carbocycles. The molecule has 0 bridgehead atoms. The van der Waals surface area contributed by atoms with Gasteiger partial charge in [0.15, 0.2) is 0 Å².